The number of carbonyl (C=O) groups is 6. The van der Waals surface area contributed by atoms with Gasteiger partial charge in [-0.15, -0.1) is 11.3 Å². The maximum atomic E-state index is 14.1. The molecule has 4 rings (SSSR count). The summed E-state index contributed by atoms with van der Waals surface area (Å²) in [5, 5.41) is 38.2. The molecule has 2 bridgehead atoms. The van der Waals surface area contributed by atoms with E-state index in [0.29, 0.717) is 22.1 Å². The summed E-state index contributed by atoms with van der Waals surface area (Å²) in [5.74, 6) is -4.50. The van der Waals surface area contributed by atoms with Crippen molar-refractivity contribution in [1.82, 2.24) is 31.6 Å². The Kier molecular flexibility index (Phi) is 15.2. The van der Waals surface area contributed by atoms with Crippen LogP contribution in [0.4, 0.5) is 5.13 Å². The number of primary amides is 1. The highest BCUT2D eigenvalue weighted by Gasteiger charge is 2.34. The van der Waals surface area contributed by atoms with Gasteiger partial charge >= 0.3 is 0 Å². The summed E-state index contributed by atoms with van der Waals surface area (Å²) < 4.78 is 0. The molecule has 0 radical (unpaired) electrons. The number of nitrogens with one attached hydrogen (secondary N) is 6. The Hall–Kier alpha value is -5.20. The van der Waals surface area contributed by atoms with Crippen molar-refractivity contribution < 1.29 is 39.0 Å². The Morgan fingerprint density at radius 3 is 2.02 bits per heavy atom. The molecule has 54 heavy (non-hydrogen) atoms. The van der Waals surface area contributed by atoms with Gasteiger partial charge in [0.15, 0.2) is 5.13 Å². The summed E-state index contributed by atoms with van der Waals surface area (Å²) in [4.78, 5) is 84.6. The lowest BCUT2D eigenvalue weighted by atomic mass is 9.99. The summed E-state index contributed by atoms with van der Waals surface area (Å²) in [6.07, 6.45) is 0.221. The molecule has 2 aromatic carbocycles. The van der Waals surface area contributed by atoms with E-state index in [-0.39, 0.29) is 24.3 Å². The molecule has 0 saturated heterocycles. The van der Waals surface area contributed by atoms with Gasteiger partial charge in [0.1, 0.15) is 42.0 Å². The first-order valence-corrected chi connectivity index (χ1v) is 19.3. The maximum absolute atomic E-state index is 14.1. The smallest absolute Gasteiger partial charge is 0.245 e. The van der Waals surface area contributed by atoms with Gasteiger partial charge in [-0.2, -0.15) is 11.8 Å². The summed E-state index contributed by atoms with van der Waals surface area (Å²) in [6.45, 7) is 3.87. The highest BCUT2D eigenvalue weighted by molar-refractivity contribution is 7.98. The van der Waals surface area contributed by atoms with Crippen LogP contribution < -0.4 is 37.6 Å². The maximum Gasteiger partial charge on any atom is 0.245 e. The van der Waals surface area contributed by atoms with Crippen molar-refractivity contribution in [3.05, 3.63) is 76.8 Å². The fraction of sp³-hybridized carbons (Fsp3) is 0.417. The Labute approximate surface area is 320 Å². The quantitative estimate of drug-likeness (QED) is 0.154. The molecule has 1 aromatic heterocycles. The number of aliphatic hydroxyl groups is 1. The number of benzene rings is 2. The number of phenolic OH excluding ortho intramolecular Hbond substituents is 1. The number of amides is 6. The highest BCUT2D eigenvalue weighted by Crippen LogP contribution is 2.22. The van der Waals surface area contributed by atoms with E-state index in [2.05, 4.69) is 36.9 Å². The van der Waals surface area contributed by atoms with E-state index in [9.17, 15) is 39.0 Å². The minimum Gasteiger partial charge on any atom is -0.508 e. The first-order chi connectivity index (χ1) is 25.7. The summed E-state index contributed by atoms with van der Waals surface area (Å²) in [5.41, 5.74) is 7.64. The largest absolute Gasteiger partial charge is 0.508 e. The van der Waals surface area contributed by atoms with Gasteiger partial charge in [0, 0.05) is 29.7 Å². The van der Waals surface area contributed by atoms with Crippen molar-refractivity contribution in [3.63, 3.8) is 0 Å². The number of nitrogens with zero attached hydrogens (tertiary/aromatic N) is 1. The van der Waals surface area contributed by atoms with Crippen LogP contribution in [0.2, 0.25) is 0 Å². The second kappa shape index (κ2) is 19.8. The van der Waals surface area contributed by atoms with E-state index in [1.165, 1.54) is 42.2 Å². The zero-order valence-corrected chi connectivity index (χ0v) is 31.7. The number of hydrogen-bond acceptors (Lipinski definition) is 12. The van der Waals surface area contributed by atoms with Gasteiger partial charge in [-0.1, -0.05) is 56.3 Å². The fourth-order valence-electron chi connectivity index (χ4n) is 5.39. The Balaban J connectivity index is 1.70. The molecule has 0 aliphatic carbocycles. The van der Waals surface area contributed by atoms with Crippen LogP contribution in [-0.4, -0.2) is 99.3 Å². The number of rotatable bonds is 7. The SMILES string of the molecule is CC(C)[C@@H]1NC(=O)[C@H](Cc2ccc(O)cc2)NC(=O)[C@H](Cc2ccccc2)Nc2nc(cs2)CSC[C@@H](C(N)=O)NC(=O)[C@H](C)NC(=O)[C@H](CO)NC1=O. The number of hydrogen-bond donors (Lipinski definition) is 9. The van der Waals surface area contributed by atoms with Crippen molar-refractivity contribution in [2.45, 2.75) is 75.6 Å². The standard InChI is InChI=1S/C36H46N8O8S2/c1-19(2)29-35(52)41-27(15-45)34(51)38-20(3)31(48)42-28(30(37)47)18-53-16-23-17-54-36(39-23)43-26(13-21-7-5-4-6-8-21)32(49)40-25(33(50)44-29)14-22-9-11-24(46)12-10-22/h4-12,17,19-20,25-29,45-46H,13-16,18H2,1-3H3,(H2,37,47)(H,38,51)(H,39,43)(H,40,49)(H,41,52)(H,42,48)(H,44,50)/t20-,25-,26-,27-,28-,29-/m0/s1. The van der Waals surface area contributed by atoms with Crippen LogP contribution in [0.1, 0.15) is 37.6 Å². The lowest BCUT2D eigenvalue weighted by Crippen LogP contribution is -2.61. The van der Waals surface area contributed by atoms with Crippen molar-refractivity contribution in [2.24, 2.45) is 11.7 Å². The Morgan fingerprint density at radius 2 is 1.39 bits per heavy atom. The van der Waals surface area contributed by atoms with E-state index in [1.54, 1.807) is 31.4 Å². The number of thiazole rings is 1. The van der Waals surface area contributed by atoms with Gasteiger partial charge in [-0.3, -0.25) is 28.8 Å². The number of nitrogens with two attached hydrogens (primary N) is 1. The van der Waals surface area contributed by atoms with Crippen LogP contribution in [0.15, 0.2) is 60.0 Å². The van der Waals surface area contributed by atoms with Gasteiger partial charge in [-0.05, 0) is 36.1 Å². The van der Waals surface area contributed by atoms with Crippen LogP contribution in [0.25, 0.3) is 0 Å². The molecule has 0 fully saturated rings. The van der Waals surface area contributed by atoms with Gasteiger partial charge in [0.2, 0.25) is 35.4 Å². The second-order valence-electron chi connectivity index (χ2n) is 13.1. The van der Waals surface area contributed by atoms with E-state index in [0.717, 1.165) is 5.56 Å². The number of aliphatic hydroxyl groups excluding tert-OH is 1. The van der Waals surface area contributed by atoms with Crippen LogP contribution in [-0.2, 0) is 47.4 Å². The van der Waals surface area contributed by atoms with E-state index >= 15 is 0 Å². The fourth-order valence-corrected chi connectivity index (χ4v) is 7.22. The molecule has 0 unspecified atom stereocenters. The molecule has 16 nitrogen and oxygen atoms in total. The van der Waals surface area contributed by atoms with Crippen LogP contribution >= 0.6 is 23.1 Å². The van der Waals surface area contributed by atoms with Gasteiger partial charge in [0.05, 0.1) is 12.3 Å². The molecule has 1 aliphatic rings. The molecule has 2 heterocycles. The normalized spacial score (nSPS) is 23.9. The minimum absolute atomic E-state index is 0.00507. The molecule has 18 heteroatoms. The molecule has 0 saturated carbocycles. The number of aromatic hydroxyl groups is 1. The van der Waals surface area contributed by atoms with E-state index in [1.807, 2.05) is 30.3 Å². The zero-order valence-electron chi connectivity index (χ0n) is 30.0. The molecule has 10 N–H and O–H groups in total. The zero-order chi connectivity index (χ0) is 39.4. The third kappa shape index (κ3) is 12.2. The van der Waals surface area contributed by atoms with Crippen LogP contribution in [0, 0.1) is 5.92 Å². The van der Waals surface area contributed by atoms with Crippen molar-refractivity contribution in [3.8, 4) is 5.75 Å². The predicted molar refractivity (Wildman–Crippen MR) is 204 cm³/mol. The summed E-state index contributed by atoms with van der Waals surface area (Å²) >= 11 is 2.54. The monoisotopic (exact) mass is 782 g/mol. The van der Waals surface area contributed by atoms with E-state index < -0.39 is 84.2 Å². The second-order valence-corrected chi connectivity index (χ2v) is 15.0. The number of anilines is 1. The number of carbonyl (C=O) groups excluding carboxylic acids is 6. The van der Waals surface area contributed by atoms with E-state index in [4.69, 9.17) is 5.73 Å². The molecule has 6 atom stereocenters. The van der Waals surface area contributed by atoms with Crippen molar-refractivity contribution >= 4 is 63.7 Å². The third-order valence-corrected chi connectivity index (χ3v) is 10.4. The average Bonchev–Trinajstić information content (AvgIpc) is 3.59. The first kappa shape index (κ1) is 41.6. The first-order valence-electron chi connectivity index (χ1n) is 17.3. The number of fused-ring (bicyclic) bond motifs is 2. The van der Waals surface area contributed by atoms with Gasteiger partial charge in [0.25, 0.3) is 0 Å². The number of aromatic nitrogens is 1. The molecule has 0 spiro atoms. The number of thioether (sulfide) groups is 1. The molecule has 1 aliphatic heterocycles. The average molecular weight is 783 g/mol. The molecule has 3 aromatic rings. The van der Waals surface area contributed by atoms with Crippen molar-refractivity contribution in [2.75, 3.05) is 17.7 Å². The van der Waals surface area contributed by atoms with Gasteiger partial charge in [-0.25, -0.2) is 4.98 Å². The van der Waals surface area contributed by atoms with Crippen molar-refractivity contribution in [1.29, 1.82) is 0 Å². The number of phenols is 1. The summed E-state index contributed by atoms with van der Waals surface area (Å²) in [7, 11) is 0. The molecular weight excluding hydrogens is 737 g/mol. The predicted octanol–water partition coefficient (Wildman–Crippen LogP) is -0.0611. The molecule has 290 valence electrons. The lowest BCUT2D eigenvalue weighted by molar-refractivity contribution is -0.136. The third-order valence-electron chi connectivity index (χ3n) is 8.47. The highest BCUT2D eigenvalue weighted by atomic mass is 32.2. The lowest BCUT2D eigenvalue weighted by Gasteiger charge is -2.28. The molecular formula is C36H46N8O8S2. The van der Waals surface area contributed by atoms with Gasteiger partial charge < -0.3 is 47.8 Å². The van der Waals surface area contributed by atoms with Crippen LogP contribution in [0.3, 0.4) is 0 Å². The minimum atomic E-state index is -1.50. The summed E-state index contributed by atoms with van der Waals surface area (Å²) in [6, 6.07) is 8.30. The molecule has 6 amide bonds. The Morgan fingerprint density at radius 1 is 0.796 bits per heavy atom. The topological polar surface area (TPSA) is 254 Å². The van der Waals surface area contributed by atoms with Crippen LogP contribution in [0.5, 0.6) is 5.75 Å². The Bertz CT molecular complexity index is 1780.